The molecule has 3 rings (SSSR count). The van der Waals surface area contributed by atoms with Crippen LogP contribution in [0.15, 0.2) is 54.9 Å². The van der Waals surface area contributed by atoms with E-state index in [9.17, 15) is 4.79 Å². The molecule has 2 N–H and O–H groups in total. The molecule has 0 unspecified atom stereocenters. The maximum atomic E-state index is 12.7. The Morgan fingerprint density at radius 3 is 2.03 bits per heavy atom. The molecule has 0 aliphatic rings. The highest BCUT2D eigenvalue weighted by atomic mass is 16.1. The Kier molecular flexibility index (Phi) is 6.44. The number of para-hydroxylation sites is 1. The number of benzene rings is 2. The summed E-state index contributed by atoms with van der Waals surface area (Å²) in [6.45, 7) is 4.16. The first-order valence-corrected chi connectivity index (χ1v) is 9.80. The fourth-order valence-electron chi connectivity index (χ4n) is 3.07. The van der Waals surface area contributed by atoms with Gasteiger partial charge in [-0.05, 0) is 48.2 Å². The van der Waals surface area contributed by atoms with Gasteiger partial charge in [-0.1, -0.05) is 32.0 Å². The third-order valence-corrected chi connectivity index (χ3v) is 4.79. The number of carbonyl (C=O) groups is 1. The van der Waals surface area contributed by atoms with Crippen LogP contribution in [0.4, 0.5) is 23.0 Å². The summed E-state index contributed by atoms with van der Waals surface area (Å²) in [6.07, 6.45) is 4.79. The normalized spacial score (nSPS) is 10.5. The Bertz CT molecular complexity index is 943. The standard InChI is InChI=1S/C23H27N5O/c1-5-16-8-7-9-17(6-2)21(16)27-22(29)18-14-24-23(25-15-18)26-19-10-12-20(13-11-19)28(3)4/h7-15H,5-6H2,1-4H3,(H,27,29)(H,24,25,26). The highest BCUT2D eigenvalue weighted by Gasteiger charge is 2.13. The molecule has 0 aliphatic carbocycles. The summed E-state index contributed by atoms with van der Waals surface area (Å²) < 4.78 is 0. The summed E-state index contributed by atoms with van der Waals surface area (Å²) in [5, 5.41) is 6.19. The highest BCUT2D eigenvalue weighted by Crippen LogP contribution is 2.23. The predicted molar refractivity (Wildman–Crippen MR) is 119 cm³/mol. The molecule has 0 saturated carbocycles. The van der Waals surface area contributed by atoms with Gasteiger partial charge < -0.3 is 15.5 Å². The molecule has 6 nitrogen and oxygen atoms in total. The zero-order valence-corrected chi connectivity index (χ0v) is 17.4. The van der Waals surface area contributed by atoms with Crippen LogP contribution >= 0.6 is 0 Å². The number of aromatic nitrogens is 2. The Hall–Kier alpha value is -3.41. The van der Waals surface area contributed by atoms with E-state index in [0.29, 0.717) is 11.5 Å². The molecule has 6 heteroatoms. The Morgan fingerprint density at radius 1 is 0.931 bits per heavy atom. The van der Waals surface area contributed by atoms with Crippen molar-refractivity contribution >= 4 is 28.9 Å². The van der Waals surface area contributed by atoms with Gasteiger partial charge in [-0.2, -0.15) is 0 Å². The first-order valence-electron chi connectivity index (χ1n) is 9.80. The van der Waals surface area contributed by atoms with E-state index >= 15 is 0 Å². The summed E-state index contributed by atoms with van der Waals surface area (Å²) in [6, 6.07) is 14.1. The number of nitrogens with one attached hydrogen (secondary N) is 2. The molecule has 2 aromatic carbocycles. The SMILES string of the molecule is CCc1cccc(CC)c1NC(=O)c1cnc(Nc2ccc(N(C)C)cc2)nc1. The minimum absolute atomic E-state index is 0.206. The third-order valence-electron chi connectivity index (χ3n) is 4.79. The van der Waals surface area contributed by atoms with Crippen molar-refractivity contribution in [2.45, 2.75) is 26.7 Å². The average Bonchev–Trinajstić information content (AvgIpc) is 2.74. The van der Waals surface area contributed by atoms with Crippen molar-refractivity contribution in [3.8, 4) is 0 Å². The third kappa shape index (κ3) is 4.90. The number of hydrogen-bond donors (Lipinski definition) is 2. The number of carbonyl (C=O) groups excluding carboxylic acids is 1. The van der Waals surface area contributed by atoms with Gasteiger partial charge in [0.1, 0.15) is 0 Å². The smallest absolute Gasteiger partial charge is 0.258 e. The largest absolute Gasteiger partial charge is 0.378 e. The molecule has 1 heterocycles. The number of anilines is 4. The van der Waals surface area contributed by atoms with Crippen LogP contribution in [0.2, 0.25) is 0 Å². The van der Waals surface area contributed by atoms with Crippen LogP contribution in [0.3, 0.4) is 0 Å². The summed E-state index contributed by atoms with van der Waals surface area (Å²) in [4.78, 5) is 23.3. The molecule has 0 radical (unpaired) electrons. The van der Waals surface area contributed by atoms with Crippen molar-refractivity contribution in [2.24, 2.45) is 0 Å². The molecule has 3 aromatic rings. The van der Waals surface area contributed by atoms with E-state index in [0.717, 1.165) is 41.0 Å². The maximum absolute atomic E-state index is 12.7. The van der Waals surface area contributed by atoms with Crippen molar-refractivity contribution in [3.05, 3.63) is 71.5 Å². The van der Waals surface area contributed by atoms with Gasteiger partial charge in [0.15, 0.2) is 0 Å². The minimum atomic E-state index is -0.206. The molecule has 150 valence electrons. The van der Waals surface area contributed by atoms with Gasteiger partial charge in [-0.3, -0.25) is 4.79 Å². The van der Waals surface area contributed by atoms with E-state index in [1.165, 1.54) is 0 Å². The second kappa shape index (κ2) is 9.19. The molecule has 0 spiro atoms. The lowest BCUT2D eigenvalue weighted by Crippen LogP contribution is -2.15. The molecular weight excluding hydrogens is 362 g/mol. The van der Waals surface area contributed by atoms with Crippen LogP contribution in [-0.4, -0.2) is 30.0 Å². The molecule has 0 aliphatic heterocycles. The number of rotatable bonds is 7. The highest BCUT2D eigenvalue weighted by molar-refractivity contribution is 6.04. The lowest BCUT2D eigenvalue weighted by atomic mass is 10.0. The van der Waals surface area contributed by atoms with E-state index < -0.39 is 0 Å². The number of aryl methyl sites for hydroxylation is 2. The second-order valence-corrected chi connectivity index (χ2v) is 6.97. The summed E-state index contributed by atoms with van der Waals surface area (Å²) >= 11 is 0. The summed E-state index contributed by atoms with van der Waals surface area (Å²) in [7, 11) is 4.00. The van der Waals surface area contributed by atoms with Crippen molar-refractivity contribution < 1.29 is 4.79 Å². The molecule has 29 heavy (non-hydrogen) atoms. The van der Waals surface area contributed by atoms with Gasteiger partial charge in [0.25, 0.3) is 5.91 Å². The van der Waals surface area contributed by atoms with Gasteiger partial charge in [-0.25, -0.2) is 9.97 Å². The van der Waals surface area contributed by atoms with E-state index in [4.69, 9.17) is 0 Å². The molecule has 0 fully saturated rings. The van der Waals surface area contributed by atoms with Crippen LogP contribution in [0.1, 0.15) is 35.3 Å². The number of amides is 1. The average molecular weight is 390 g/mol. The predicted octanol–water partition coefficient (Wildman–Crippen LogP) is 4.66. The van der Waals surface area contributed by atoms with E-state index in [-0.39, 0.29) is 5.91 Å². The fraction of sp³-hybridized carbons (Fsp3) is 0.261. The van der Waals surface area contributed by atoms with Gasteiger partial charge in [0.05, 0.1) is 5.56 Å². The maximum Gasteiger partial charge on any atom is 0.258 e. The quantitative estimate of drug-likeness (QED) is 0.615. The zero-order valence-electron chi connectivity index (χ0n) is 17.4. The lowest BCUT2D eigenvalue weighted by molar-refractivity contribution is 0.102. The molecule has 0 atom stereocenters. The van der Waals surface area contributed by atoms with Gasteiger partial charge in [0, 0.05) is 43.6 Å². The summed E-state index contributed by atoms with van der Waals surface area (Å²) in [5.41, 5.74) is 5.56. The first-order chi connectivity index (χ1) is 14.0. The molecule has 0 saturated heterocycles. The van der Waals surface area contributed by atoms with Gasteiger partial charge in [-0.15, -0.1) is 0 Å². The van der Waals surface area contributed by atoms with E-state index in [2.05, 4.69) is 34.4 Å². The van der Waals surface area contributed by atoms with Crippen molar-refractivity contribution in [1.82, 2.24) is 9.97 Å². The summed E-state index contributed by atoms with van der Waals surface area (Å²) in [5.74, 6) is 0.241. The van der Waals surface area contributed by atoms with Crippen LogP contribution in [0.25, 0.3) is 0 Å². The Balaban J connectivity index is 1.71. The first kappa shape index (κ1) is 20.3. The topological polar surface area (TPSA) is 70.2 Å². The van der Waals surface area contributed by atoms with E-state index in [1.807, 2.05) is 61.5 Å². The number of nitrogens with zero attached hydrogens (tertiary/aromatic N) is 3. The van der Waals surface area contributed by atoms with Crippen LogP contribution in [-0.2, 0) is 12.8 Å². The van der Waals surface area contributed by atoms with Crippen molar-refractivity contribution in [1.29, 1.82) is 0 Å². The minimum Gasteiger partial charge on any atom is -0.378 e. The van der Waals surface area contributed by atoms with Crippen LogP contribution < -0.4 is 15.5 Å². The molecular formula is C23H27N5O. The van der Waals surface area contributed by atoms with E-state index in [1.54, 1.807) is 12.4 Å². The van der Waals surface area contributed by atoms with Gasteiger partial charge >= 0.3 is 0 Å². The fourth-order valence-corrected chi connectivity index (χ4v) is 3.07. The lowest BCUT2D eigenvalue weighted by Gasteiger charge is -2.14. The van der Waals surface area contributed by atoms with Gasteiger partial charge in [0.2, 0.25) is 5.95 Å². The monoisotopic (exact) mass is 389 g/mol. The molecule has 1 aromatic heterocycles. The Labute approximate surface area is 172 Å². The van der Waals surface area contributed by atoms with Crippen LogP contribution in [0.5, 0.6) is 0 Å². The van der Waals surface area contributed by atoms with Crippen LogP contribution in [0, 0.1) is 0 Å². The second-order valence-electron chi connectivity index (χ2n) is 6.97. The molecule has 0 bridgehead atoms. The van der Waals surface area contributed by atoms with Crippen molar-refractivity contribution in [3.63, 3.8) is 0 Å². The zero-order chi connectivity index (χ0) is 20.8. The van der Waals surface area contributed by atoms with Crippen molar-refractivity contribution in [2.75, 3.05) is 29.6 Å². The molecule has 1 amide bonds. The number of hydrogen-bond acceptors (Lipinski definition) is 5. The Morgan fingerprint density at radius 2 is 1.52 bits per heavy atom.